The first kappa shape index (κ1) is 16.3. The number of rotatable bonds is 3. The number of nitrogens with zero attached hydrogens (tertiary/aromatic N) is 3. The number of aryl methyl sites for hydroxylation is 1. The van der Waals surface area contributed by atoms with Crippen LogP contribution in [0.15, 0.2) is 60.7 Å². The van der Waals surface area contributed by atoms with Crippen molar-refractivity contribution in [2.75, 3.05) is 12.1 Å². The largest absolute Gasteiger partial charge is 0.454 e. The van der Waals surface area contributed by atoms with E-state index in [0.717, 1.165) is 16.6 Å². The van der Waals surface area contributed by atoms with E-state index in [-0.39, 0.29) is 12.7 Å². The van der Waals surface area contributed by atoms with Crippen molar-refractivity contribution in [3.05, 3.63) is 71.9 Å². The molecular weight excluding hydrogens is 356 g/mol. The van der Waals surface area contributed by atoms with Crippen LogP contribution in [0, 0.1) is 6.92 Å². The maximum absolute atomic E-state index is 12.8. The molecule has 1 aliphatic rings. The maximum Gasteiger partial charge on any atom is 0.256 e. The Morgan fingerprint density at radius 2 is 1.89 bits per heavy atom. The van der Waals surface area contributed by atoms with E-state index >= 15 is 0 Å². The van der Waals surface area contributed by atoms with Gasteiger partial charge in [0, 0.05) is 17.0 Å². The lowest BCUT2D eigenvalue weighted by Crippen LogP contribution is -2.15. The number of fused-ring (bicyclic) bond motifs is 2. The fourth-order valence-corrected chi connectivity index (χ4v) is 3.16. The minimum Gasteiger partial charge on any atom is -0.454 e. The number of nitrogens with one attached hydrogen (secondary N) is 1. The molecule has 0 atom stereocenters. The summed E-state index contributed by atoms with van der Waals surface area (Å²) in [5.41, 5.74) is 2.11. The Kier molecular flexibility index (Phi) is 3.72. The van der Waals surface area contributed by atoms with Crippen molar-refractivity contribution in [3.8, 4) is 17.3 Å². The molecular formula is C21H16N4O3. The van der Waals surface area contributed by atoms with Gasteiger partial charge in [-0.15, -0.1) is 0 Å². The third kappa shape index (κ3) is 2.83. The first-order chi connectivity index (χ1) is 13.7. The van der Waals surface area contributed by atoms with E-state index in [1.165, 1.54) is 0 Å². The molecule has 0 saturated heterocycles. The molecule has 7 nitrogen and oxygen atoms in total. The summed E-state index contributed by atoms with van der Waals surface area (Å²) in [5.74, 6) is 2.11. The predicted molar refractivity (Wildman–Crippen MR) is 104 cm³/mol. The number of anilines is 1. The van der Waals surface area contributed by atoms with Gasteiger partial charge in [-0.25, -0.2) is 4.98 Å². The quantitative estimate of drug-likeness (QED) is 0.593. The zero-order valence-corrected chi connectivity index (χ0v) is 15.0. The summed E-state index contributed by atoms with van der Waals surface area (Å²) in [6, 6.07) is 18.6. The van der Waals surface area contributed by atoms with Crippen molar-refractivity contribution in [3.63, 3.8) is 0 Å². The molecule has 1 amide bonds. The Hall–Kier alpha value is -3.87. The molecule has 3 heterocycles. The van der Waals surface area contributed by atoms with Crippen LogP contribution in [0.25, 0.3) is 16.7 Å². The SMILES string of the molecule is Cc1cc(NC(=O)c2ccc3c(c2)OCO3)n(-c2ccc3ccccc3n2)n1. The highest BCUT2D eigenvalue weighted by molar-refractivity contribution is 6.04. The summed E-state index contributed by atoms with van der Waals surface area (Å²) in [6.45, 7) is 2.04. The molecule has 0 unspecified atom stereocenters. The van der Waals surface area contributed by atoms with Gasteiger partial charge in [0.15, 0.2) is 17.3 Å². The number of carbonyl (C=O) groups is 1. The summed E-state index contributed by atoms with van der Waals surface area (Å²) in [4.78, 5) is 17.4. The average Bonchev–Trinajstić information content (AvgIpc) is 3.33. The molecule has 0 bridgehead atoms. The second kappa shape index (κ2) is 6.38. The average molecular weight is 372 g/mol. The normalized spacial score (nSPS) is 12.3. The summed E-state index contributed by atoms with van der Waals surface area (Å²) >= 11 is 0. The summed E-state index contributed by atoms with van der Waals surface area (Å²) in [5, 5.41) is 8.44. The van der Waals surface area contributed by atoms with Gasteiger partial charge in [-0.05, 0) is 43.3 Å². The third-order valence-electron chi connectivity index (χ3n) is 4.51. The molecule has 0 saturated carbocycles. The summed E-state index contributed by atoms with van der Waals surface area (Å²) in [6.07, 6.45) is 0. The highest BCUT2D eigenvalue weighted by Crippen LogP contribution is 2.32. The molecule has 4 aromatic rings. The predicted octanol–water partition coefficient (Wildman–Crippen LogP) is 3.71. The zero-order chi connectivity index (χ0) is 19.1. The lowest BCUT2D eigenvalue weighted by Gasteiger charge is -2.09. The van der Waals surface area contributed by atoms with Crippen LogP contribution in [0.2, 0.25) is 0 Å². The van der Waals surface area contributed by atoms with Crippen LogP contribution >= 0.6 is 0 Å². The topological polar surface area (TPSA) is 78.3 Å². The van der Waals surface area contributed by atoms with E-state index < -0.39 is 0 Å². The molecule has 138 valence electrons. The number of benzene rings is 2. The van der Waals surface area contributed by atoms with Crippen LogP contribution in [-0.2, 0) is 0 Å². The summed E-state index contributed by atoms with van der Waals surface area (Å²) < 4.78 is 12.3. The van der Waals surface area contributed by atoms with Gasteiger partial charge in [0.05, 0.1) is 11.2 Å². The molecule has 5 rings (SSSR count). The summed E-state index contributed by atoms with van der Waals surface area (Å²) in [7, 11) is 0. The van der Waals surface area contributed by atoms with E-state index in [2.05, 4.69) is 15.4 Å². The monoisotopic (exact) mass is 372 g/mol. The number of carbonyl (C=O) groups excluding carboxylic acids is 1. The minimum atomic E-state index is -0.264. The highest BCUT2D eigenvalue weighted by atomic mass is 16.7. The Labute approximate surface area is 160 Å². The van der Waals surface area contributed by atoms with Crippen LogP contribution in [0.3, 0.4) is 0 Å². The highest BCUT2D eigenvalue weighted by Gasteiger charge is 2.18. The smallest absolute Gasteiger partial charge is 0.256 e. The van der Waals surface area contributed by atoms with Crippen molar-refractivity contribution >= 4 is 22.6 Å². The van der Waals surface area contributed by atoms with E-state index in [1.807, 2.05) is 49.4 Å². The molecule has 0 aliphatic carbocycles. The molecule has 1 N–H and O–H groups in total. The molecule has 0 spiro atoms. The number of para-hydroxylation sites is 1. The fourth-order valence-electron chi connectivity index (χ4n) is 3.16. The van der Waals surface area contributed by atoms with Crippen molar-refractivity contribution in [2.24, 2.45) is 0 Å². The molecule has 7 heteroatoms. The Morgan fingerprint density at radius 1 is 1.04 bits per heavy atom. The number of hydrogen-bond donors (Lipinski definition) is 1. The van der Waals surface area contributed by atoms with Gasteiger partial charge >= 0.3 is 0 Å². The molecule has 2 aromatic carbocycles. The molecule has 2 aromatic heterocycles. The van der Waals surface area contributed by atoms with Crippen molar-refractivity contribution < 1.29 is 14.3 Å². The lowest BCUT2D eigenvalue weighted by molar-refractivity contribution is 0.102. The van der Waals surface area contributed by atoms with Crippen LogP contribution in [0.5, 0.6) is 11.5 Å². The van der Waals surface area contributed by atoms with E-state index in [1.54, 1.807) is 22.9 Å². The first-order valence-electron chi connectivity index (χ1n) is 8.81. The van der Waals surface area contributed by atoms with Crippen molar-refractivity contribution in [1.29, 1.82) is 0 Å². The Balaban J connectivity index is 1.48. The second-order valence-electron chi connectivity index (χ2n) is 6.47. The van der Waals surface area contributed by atoms with Crippen LogP contribution in [0.1, 0.15) is 16.1 Å². The Bertz CT molecular complexity index is 1220. The Morgan fingerprint density at radius 3 is 2.82 bits per heavy atom. The molecule has 0 radical (unpaired) electrons. The fraction of sp³-hybridized carbons (Fsp3) is 0.0952. The molecule has 0 fully saturated rings. The van der Waals surface area contributed by atoms with Gasteiger partial charge in [0.1, 0.15) is 5.82 Å². The van der Waals surface area contributed by atoms with Gasteiger partial charge in [-0.3, -0.25) is 4.79 Å². The van der Waals surface area contributed by atoms with E-state index in [0.29, 0.717) is 28.7 Å². The number of pyridine rings is 1. The van der Waals surface area contributed by atoms with Crippen molar-refractivity contribution in [1.82, 2.24) is 14.8 Å². The number of amides is 1. The zero-order valence-electron chi connectivity index (χ0n) is 15.0. The van der Waals surface area contributed by atoms with E-state index in [9.17, 15) is 4.79 Å². The third-order valence-corrected chi connectivity index (χ3v) is 4.51. The van der Waals surface area contributed by atoms with E-state index in [4.69, 9.17) is 9.47 Å². The standard InChI is InChI=1S/C21H16N4O3/c1-13-10-20(23-21(26)15-6-8-17-18(11-15)28-12-27-17)25(24-13)19-9-7-14-4-2-3-5-16(14)22-19/h2-11H,12H2,1H3,(H,23,26). The number of hydrogen-bond acceptors (Lipinski definition) is 5. The lowest BCUT2D eigenvalue weighted by atomic mass is 10.2. The minimum absolute atomic E-state index is 0.167. The van der Waals surface area contributed by atoms with Crippen LogP contribution in [0.4, 0.5) is 5.82 Å². The van der Waals surface area contributed by atoms with Gasteiger partial charge in [0.2, 0.25) is 6.79 Å². The van der Waals surface area contributed by atoms with Gasteiger partial charge < -0.3 is 14.8 Å². The van der Waals surface area contributed by atoms with Crippen LogP contribution < -0.4 is 14.8 Å². The molecule has 1 aliphatic heterocycles. The molecule has 28 heavy (non-hydrogen) atoms. The second-order valence-corrected chi connectivity index (χ2v) is 6.47. The van der Waals surface area contributed by atoms with Gasteiger partial charge in [-0.1, -0.05) is 18.2 Å². The van der Waals surface area contributed by atoms with Crippen molar-refractivity contribution in [2.45, 2.75) is 6.92 Å². The van der Waals surface area contributed by atoms with Crippen LogP contribution in [-0.4, -0.2) is 27.5 Å². The number of aromatic nitrogens is 3. The maximum atomic E-state index is 12.8. The number of ether oxygens (including phenoxy) is 2. The van der Waals surface area contributed by atoms with Gasteiger partial charge in [-0.2, -0.15) is 9.78 Å². The van der Waals surface area contributed by atoms with Gasteiger partial charge in [0.25, 0.3) is 5.91 Å². The first-order valence-corrected chi connectivity index (χ1v) is 8.81.